The summed E-state index contributed by atoms with van der Waals surface area (Å²) in [5, 5.41) is 3.60. The zero-order valence-electron chi connectivity index (χ0n) is 18.9. The minimum atomic E-state index is -0.0368. The summed E-state index contributed by atoms with van der Waals surface area (Å²) in [6.07, 6.45) is 9.21. The summed E-state index contributed by atoms with van der Waals surface area (Å²) in [4.78, 5) is 24.6. The third-order valence-electron chi connectivity index (χ3n) is 4.91. The van der Waals surface area contributed by atoms with Gasteiger partial charge in [-0.05, 0) is 56.7 Å². The van der Waals surface area contributed by atoms with Crippen LogP contribution in [0.15, 0.2) is 47.2 Å². The van der Waals surface area contributed by atoms with Crippen molar-refractivity contribution >= 4 is 33.8 Å². The van der Waals surface area contributed by atoms with Gasteiger partial charge in [0.2, 0.25) is 5.91 Å². The van der Waals surface area contributed by atoms with Crippen LogP contribution in [0.5, 0.6) is 0 Å². The van der Waals surface area contributed by atoms with Crippen LogP contribution in [0.1, 0.15) is 56.9 Å². The highest BCUT2D eigenvalue weighted by molar-refractivity contribution is 7.15. The van der Waals surface area contributed by atoms with Crippen molar-refractivity contribution in [3.63, 3.8) is 0 Å². The molecule has 1 heterocycles. The Morgan fingerprint density at radius 1 is 1.27 bits per heavy atom. The van der Waals surface area contributed by atoms with E-state index in [1.165, 1.54) is 16.2 Å². The lowest BCUT2D eigenvalue weighted by atomic mass is 10.1. The van der Waals surface area contributed by atoms with E-state index in [1.807, 2.05) is 55.7 Å². The fraction of sp³-hybridized carbons (Fsp3) is 0.458. The standard InChI is InChI=1S/C24H34N4OS/c1-6-18(3)16-25-20(7-2)11-9-13-22-17-26-24(30-22)27-23(29)15-19-10-8-12-21(14-19)28(4)5/h8,10,12,14,16-17H,6-7,9,11,13,15H2,1-5H3,(H,26,27,29)/b18-16+,25-20?. The van der Waals surface area contributed by atoms with Gasteiger partial charge in [0.25, 0.3) is 0 Å². The Morgan fingerprint density at radius 2 is 2.07 bits per heavy atom. The second-order valence-corrected chi connectivity index (χ2v) is 8.77. The summed E-state index contributed by atoms with van der Waals surface area (Å²) in [5.41, 5.74) is 4.62. The number of aromatic nitrogens is 1. The maximum absolute atomic E-state index is 12.4. The van der Waals surface area contributed by atoms with E-state index in [1.54, 1.807) is 11.3 Å². The molecule has 0 radical (unpaired) electrons. The van der Waals surface area contributed by atoms with Crippen LogP contribution < -0.4 is 10.2 Å². The summed E-state index contributed by atoms with van der Waals surface area (Å²) in [6.45, 7) is 6.42. The number of thiazole rings is 1. The van der Waals surface area contributed by atoms with Crippen LogP contribution in [0, 0.1) is 0 Å². The fourth-order valence-corrected chi connectivity index (χ4v) is 3.74. The van der Waals surface area contributed by atoms with E-state index in [-0.39, 0.29) is 5.91 Å². The first-order valence-electron chi connectivity index (χ1n) is 10.6. The number of benzene rings is 1. The summed E-state index contributed by atoms with van der Waals surface area (Å²) >= 11 is 1.56. The van der Waals surface area contributed by atoms with Crippen molar-refractivity contribution in [1.82, 2.24) is 4.98 Å². The summed E-state index contributed by atoms with van der Waals surface area (Å²) in [7, 11) is 3.99. The van der Waals surface area contributed by atoms with Gasteiger partial charge in [-0.1, -0.05) is 31.6 Å². The summed E-state index contributed by atoms with van der Waals surface area (Å²) in [5.74, 6) is -0.0368. The van der Waals surface area contributed by atoms with Crippen LogP contribution in [0.2, 0.25) is 0 Å². The molecule has 1 aromatic heterocycles. The van der Waals surface area contributed by atoms with Crippen molar-refractivity contribution in [3.8, 4) is 0 Å². The van der Waals surface area contributed by atoms with Gasteiger partial charge in [0.15, 0.2) is 5.13 Å². The molecule has 0 aliphatic heterocycles. The molecule has 0 atom stereocenters. The molecule has 30 heavy (non-hydrogen) atoms. The predicted molar refractivity (Wildman–Crippen MR) is 130 cm³/mol. The normalized spacial score (nSPS) is 12.2. The number of hydrogen-bond donors (Lipinski definition) is 1. The molecule has 0 unspecified atom stereocenters. The number of carbonyl (C=O) groups is 1. The van der Waals surface area contributed by atoms with E-state index in [9.17, 15) is 4.79 Å². The Hall–Kier alpha value is -2.47. The first-order valence-corrected chi connectivity index (χ1v) is 11.4. The molecule has 2 rings (SSSR count). The Balaban J connectivity index is 1.83. The summed E-state index contributed by atoms with van der Waals surface area (Å²) in [6, 6.07) is 8.03. The molecule has 1 amide bonds. The van der Waals surface area contributed by atoms with Gasteiger partial charge in [-0.3, -0.25) is 9.79 Å². The minimum absolute atomic E-state index is 0.0368. The van der Waals surface area contributed by atoms with Crippen LogP contribution in [-0.2, 0) is 17.6 Å². The Kier molecular flexibility index (Phi) is 9.74. The van der Waals surface area contributed by atoms with Crippen LogP contribution in [-0.4, -0.2) is 30.7 Å². The Morgan fingerprint density at radius 3 is 2.77 bits per heavy atom. The molecule has 1 N–H and O–H groups in total. The third kappa shape index (κ3) is 8.11. The van der Waals surface area contributed by atoms with Crippen molar-refractivity contribution in [2.24, 2.45) is 4.99 Å². The Labute approximate surface area is 184 Å². The number of aryl methyl sites for hydroxylation is 1. The predicted octanol–water partition coefficient (Wildman–Crippen LogP) is 5.88. The molecule has 0 fully saturated rings. The van der Waals surface area contributed by atoms with E-state index in [2.05, 4.69) is 36.1 Å². The smallest absolute Gasteiger partial charge is 0.230 e. The molecular weight excluding hydrogens is 392 g/mol. The maximum Gasteiger partial charge on any atom is 0.230 e. The number of amides is 1. The second-order valence-electron chi connectivity index (χ2n) is 7.65. The molecule has 0 aliphatic rings. The van der Waals surface area contributed by atoms with E-state index in [0.717, 1.165) is 43.4 Å². The van der Waals surface area contributed by atoms with E-state index in [4.69, 9.17) is 0 Å². The fourth-order valence-electron chi connectivity index (χ4n) is 2.87. The van der Waals surface area contributed by atoms with Crippen molar-refractivity contribution < 1.29 is 4.79 Å². The lowest BCUT2D eigenvalue weighted by Crippen LogP contribution is -2.15. The van der Waals surface area contributed by atoms with E-state index in [0.29, 0.717) is 11.6 Å². The topological polar surface area (TPSA) is 57.6 Å². The summed E-state index contributed by atoms with van der Waals surface area (Å²) < 4.78 is 0. The molecular formula is C24H34N4OS. The number of nitrogens with one attached hydrogen (secondary N) is 1. The highest BCUT2D eigenvalue weighted by Gasteiger charge is 2.09. The minimum Gasteiger partial charge on any atom is -0.378 e. The van der Waals surface area contributed by atoms with Gasteiger partial charge >= 0.3 is 0 Å². The van der Waals surface area contributed by atoms with E-state index < -0.39 is 0 Å². The lowest BCUT2D eigenvalue weighted by molar-refractivity contribution is -0.115. The van der Waals surface area contributed by atoms with Crippen LogP contribution in [0.4, 0.5) is 10.8 Å². The van der Waals surface area contributed by atoms with Crippen LogP contribution >= 0.6 is 11.3 Å². The zero-order valence-corrected chi connectivity index (χ0v) is 19.7. The molecule has 1 aromatic carbocycles. The molecule has 0 saturated carbocycles. The number of allylic oxidation sites excluding steroid dienone is 1. The largest absolute Gasteiger partial charge is 0.378 e. The van der Waals surface area contributed by atoms with Crippen molar-refractivity contribution in [1.29, 1.82) is 0 Å². The number of anilines is 2. The number of carbonyl (C=O) groups excluding carboxylic acids is 1. The molecule has 2 aromatic rings. The van der Waals surface area contributed by atoms with Crippen molar-refractivity contribution in [2.75, 3.05) is 24.3 Å². The number of rotatable bonds is 11. The average molecular weight is 427 g/mol. The molecule has 0 aliphatic carbocycles. The number of hydrogen-bond acceptors (Lipinski definition) is 5. The third-order valence-corrected chi connectivity index (χ3v) is 5.89. The van der Waals surface area contributed by atoms with Gasteiger partial charge in [0.05, 0.1) is 6.42 Å². The average Bonchev–Trinajstić information content (AvgIpc) is 3.17. The SMILES string of the molecule is CCC(CCCc1cnc(NC(=O)Cc2cccc(N(C)C)c2)s1)=N/C=C(\C)CC. The van der Waals surface area contributed by atoms with Gasteiger partial charge in [-0.2, -0.15) is 0 Å². The monoisotopic (exact) mass is 426 g/mol. The van der Waals surface area contributed by atoms with Gasteiger partial charge in [0.1, 0.15) is 0 Å². The first-order chi connectivity index (χ1) is 14.4. The molecule has 6 heteroatoms. The van der Waals surface area contributed by atoms with Crippen molar-refractivity contribution in [3.05, 3.63) is 52.7 Å². The molecule has 162 valence electrons. The first kappa shape index (κ1) is 23.8. The quantitative estimate of drug-likeness (QED) is 0.457. The van der Waals surface area contributed by atoms with Gasteiger partial charge < -0.3 is 10.2 Å². The highest BCUT2D eigenvalue weighted by atomic mass is 32.1. The van der Waals surface area contributed by atoms with Crippen LogP contribution in [0.3, 0.4) is 0 Å². The molecule has 0 bridgehead atoms. The van der Waals surface area contributed by atoms with Gasteiger partial charge in [-0.25, -0.2) is 4.98 Å². The molecule has 5 nitrogen and oxygen atoms in total. The van der Waals surface area contributed by atoms with Crippen molar-refractivity contribution in [2.45, 2.75) is 59.3 Å². The van der Waals surface area contributed by atoms with Gasteiger partial charge in [0, 0.05) is 42.8 Å². The molecule has 0 saturated heterocycles. The lowest BCUT2D eigenvalue weighted by Gasteiger charge is -2.13. The second kappa shape index (κ2) is 12.3. The highest BCUT2D eigenvalue weighted by Crippen LogP contribution is 2.21. The number of aliphatic imine (C=N–C) groups is 1. The van der Waals surface area contributed by atoms with E-state index >= 15 is 0 Å². The zero-order chi connectivity index (χ0) is 21.9. The Bertz CT molecular complexity index is 883. The molecule has 0 spiro atoms. The van der Waals surface area contributed by atoms with Crippen LogP contribution in [0.25, 0.3) is 0 Å². The van der Waals surface area contributed by atoms with Gasteiger partial charge in [-0.15, -0.1) is 11.3 Å². The number of nitrogens with zero attached hydrogens (tertiary/aromatic N) is 3. The maximum atomic E-state index is 12.4.